The molecule has 0 heterocycles. The number of nitrogens with one attached hydrogen (secondary N) is 1. The number of aryl methyl sites for hydroxylation is 1. The maximum Gasteiger partial charge on any atom is 0.189 e. The summed E-state index contributed by atoms with van der Waals surface area (Å²) in [4.78, 5) is 4.34. The predicted molar refractivity (Wildman–Crippen MR) is 108 cm³/mol. The summed E-state index contributed by atoms with van der Waals surface area (Å²) in [6.45, 7) is 3.20. The van der Waals surface area contributed by atoms with E-state index in [2.05, 4.69) is 41.5 Å². The van der Waals surface area contributed by atoms with Crippen molar-refractivity contribution in [3.05, 3.63) is 59.2 Å². The van der Waals surface area contributed by atoms with E-state index in [1.165, 1.54) is 11.1 Å². The zero-order valence-corrected chi connectivity index (χ0v) is 16.5. The Hall–Kier alpha value is -1.96. The van der Waals surface area contributed by atoms with Crippen LogP contribution in [0.3, 0.4) is 0 Å². The third-order valence-corrected chi connectivity index (χ3v) is 3.47. The molecule has 0 spiro atoms. The fourth-order valence-electron chi connectivity index (χ4n) is 2.11. The second-order valence-electron chi connectivity index (χ2n) is 5.23. The standard InChI is InChI=1S/C18H23N3O2.HI/c1-13-4-6-14(7-5-13)11-20-18(19)21-12-15-8-9-16(22-2)17(10-15)23-3;/h4-10H,11-12H2,1-3H3,(H3,19,20,21);1H. The molecular weight excluding hydrogens is 417 g/mol. The molecular formula is C18H24IN3O2. The number of hydrogen-bond donors (Lipinski definition) is 2. The molecule has 0 saturated heterocycles. The average molecular weight is 441 g/mol. The minimum Gasteiger partial charge on any atom is -0.493 e. The van der Waals surface area contributed by atoms with Gasteiger partial charge in [-0.25, -0.2) is 4.99 Å². The largest absolute Gasteiger partial charge is 0.493 e. The molecule has 0 radical (unpaired) electrons. The first-order valence-corrected chi connectivity index (χ1v) is 7.42. The highest BCUT2D eigenvalue weighted by Crippen LogP contribution is 2.27. The number of aliphatic imine (C=N–C) groups is 1. The number of nitrogens with zero attached hydrogens (tertiary/aromatic N) is 1. The number of halogens is 1. The maximum atomic E-state index is 5.91. The van der Waals surface area contributed by atoms with Crippen LogP contribution in [0.4, 0.5) is 0 Å². The predicted octanol–water partition coefficient (Wildman–Crippen LogP) is 3.23. The second kappa shape index (κ2) is 10.0. The van der Waals surface area contributed by atoms with Crippen LogP contribution in [0.1, 0.15) is 16.7 Å². The van der Waals surface area contributed by atoms with Gasteiger partial charge < -0.3 is 20.5 Å². The fraction of sp³-hybridized carbons (Fsp3) is 0.278. The molecule has 3 N–H and O–H groups in total. The molecule has 0 aliphatic heterocycles. The lowest BCUT2D eigenvalue weighted by molar-refractivity contribution is 0.354. The van der Waals surface area contributed by atoms with E-state index in [-0.39, 0.29) is 24.0 Å². The third-order valence-electron chi connectivity index (χ3n) is 3.47. The molecule has 0 bridgehead atoms. The van der Waals surface area contributed by atoms with Crippen LogP contribution in [0.5, 0.6) is 11.5 Å². The van der Waals surface area contributed by atoms with Crippen LogP contribution < -0.4 is 20.5 Å². The van der Waals surface area contributed by atoms with Gasteiger partial charge in [-0.1, -0.05) is 35.9 Å². The summed E-state index contributed by atoms with van der Waals surface area (Å²) >= 11 is 0. The molecule has 0 amide bonds. The molecule has 2 rings (SSSR count). The summed E-state index contributed by atoms with van der Waals surface area (Å²) in [5, 5.41) is 3.11. The smallest absolute Gasteiger partial charge is 0.189 e. The first-order valence-electron chi connectivity index (χ1n) is 7.42. The number of nitrogens with two attached hydrogens (primary N) is 1. The molecule has 0 unspecified atom stereocenters. The van der Waals surface area contributed by atoms with E-state index in [4.69, 9.17) is 15.2 Å². The van der Waals surface area contributed by atoms with Crippen molar-refractivity contribution in [2.24, 2.45) is 10.7 Å². The number of rotatable bonds is 6. The van der Waals surface area contributed by atoms with Crippen molar-refractivity contribution in [3.63, 3.8) is 0 Å². The minimum atomic E-state index is 0. The highest BCUT2D eigenvalue weighted by atomic mass is 127. The van der Waals surface area contributed by atoms with Crippen LogP contribution in [0.2, 0.25) is 0 Å². The van der Waals surface area contributed by atoms with Gasteiger partial charge in [-0.3, -0.25) is 0 Å². The Balaban J connectivity index is 0.00000288. The molecule has 2 aromatic carbocycles. The quantitative estimate of drug-likeness (QED) is 0.411. The molecule has 6 heteroatoms. The summed E-state index contributed by atoms with van der Waals surface area (Å²) in [5.41, 5.74) is 9.32. The van der Waals surface area contributed by atoms with Gasteiger partial charge in [-0.2, -0.15) is 0 Å². The van der Waals surface area contributed by atoms with Gasteiger partial charge in [0.05, 0.1) is 20.8 Å². The molecule has 0 atom stereocenters. The first-order chi connectivity index (χ1) is 11.1. The highest BCUT2D eigenvalue weighted by Gasteiger charge is 2.04. The highest BCUT2D eigenvalue weighted by molar-refractivity contribution is 14.0. The first kappa shape index (κ1) is 20.1. The maximum absolute atomic E-state index is 5.91. The molecule has 0 saturated carbocycles. The van der Waals surface area contributed by atoms with Crippen LogP contribution in [-0.2, 0) is 13.1 Å². The number of methoxy groups -OCH3 is 2. The lowest BCUT2D eigenvalue weighted by Crippen LogP contribution is -2.31. The van der Waals surface area contributed by atoms with E-state index in [9.17, 15) is 0 Å². The molecule has 0 fully saturated rings. The van der Waals surface area contributed by atoms with Crippen LogP contribution in [-0.4, -0.2) is 20.2 Å². The van der Waals surface area contributed by atoms with Gasteiger partial charge in [0, 0.05) is 6.54 Å². The third kappa shape index (κ3) is 5.92. The summed E-state index contributed by atoms with van der Waals surface area (Å²) in [6.07, 6.45) is 0. The molecule has 130 valence electrons. The zero-order chi connectivity index (χ0) is 16.7. The van der Waals surface area contributed by atoms with Crippen LogP contribution in [0.15, 0.2) is 47.5 Å². The van der Waals surface area contributed by atoms with E-state index in [1.807, 2.05) is 18.2 Å². The van der Waals surface area contributed by atoms with Gasteiger partial charge in [-0.05, 0) is 30.2 Å². The van der Waals surface area contributed by atoms with Crippen molar-refractivity contribution in [1.29, 1.82) is 0 Å². The van der Waals surface area contributed by atoms with E-state index in [0.29, 0.717) is 30.5 Å². The number of guanidine groups is 1. The van der Waals surface area contributed by atoms with Crippen LogP contribution in [0, 0.1) is 6.92 Å². The average Bonchev–Trinajstić information content (AvgIpc) is 2.59. The fourth-order valence-corrected chi connectivity index (χ4v) is 2.11. The number of ether oxygens (including phenoxy) is 2. The Bertz CT molecular complexity index is 672. The summed E-state index contributed by atoms with van der Waals surface area (Å²) < 4.78 is 10.5. The second-order valence-corrected chi connectivity index (χ2v) is 5.23. The minimum absolute atomic E-state index is 0. The molecule has 0 aromatic heterocycles. The molecule has 0 aliphatic rings. The Morgan fingerprint density at radius 2 is 1.62 bits per heavy atom. The molecule has 2 aromatic rings. The van der Waals surface area contributed by atoms with Gasteiger partial charge in [-0.15, -0.1) is 24.0 Å². The molecule has 0 aliphatic carbocycles. The van der Waals surface area contributed by atoms with E-state index in [1.54, 1.807) is 14.2 Å². The Kier molecular flexibility index (Phi) is 8.39. The van der Waals surface area contributed by atoms with E-state index in [0.717, 1.165) is 5.56 Å². The van der Waals surface area contributed by atoms with Crippen molar-refractivity contribution in [3.8, 4) is 11.5 Å². The zero-order valence-electron chi connectivity index (χ0n) is 14.2. The topological polar surface area (TPSA) is 68.9 Å². The molecule has 5 nitrogen and oxygen atoms in total. The summed E-state index contributed by atoms with van der Waals surface area (Å²) in [7, 11) is 3.23. The Morgan fingerprint density at radius 1 is 1.00 bits per heavy atom. The Morgan fingerprint density at radius 3 is 2.25 bits per heavy atom. The van der Waals surface area contributed by atoms with Crippen molar-refractivity contribution < 1.29 is 9.47 Å². The Labute approximate surface area is 160 Å². The number of benzene rings is 2. The van der Waals surface area contributed by atoms with Crippen molar-refractivity contribution in [1.82, 2.24) is 5.32 Å². The lowest BCUT2D eigenvalue weighted by atomic mass is 10.1. The van der Waals surface area contributed by atoms with Crippen molar-refractivity contribution in [2.75, 3.05) is 14.2 Å². The summed E-state index contributed by atoms with van der Waals surface area (Å²) in [5.74, 6) is 1.80. The monoisotopic (exact) mass is 441 g/mol. The van der Waals surface area contributed by atoms with Crippen LogP contribution >= 0.6 is 24.0 Å². The van der Waals surface area contributed by atoms with Gasteiger partial charge in [0.1, 0.15) is 0 Å². The van der Waals surface area contributed by atoms with E-state index >= 15 is 0 Å². The molecule has 24 heavy (non-hydrogen) atoms. The van der Waals surface area contributed by atoms with Crippen molar-refractivity contribution >= 4 is 29.9 Å². The van der Waals surface area contributed by atoms with Crippen molar-refractivity contribution in [2.45, 2.75) is 20.0 Å². The van der Waals surface area contributed by atoms with Gasteiger partial charge in [0.15, 0.2) is 17.5 Å². The van der Waals surface area contributed by atoms with Gasteiger partial charge >= 0.3 is 0 Å². The lowest BCUT2D eigenvalue weighted by Gasteiger charge is -2.09. The summed E-state index contributed by atoms with van der Waals surface area (Å²) in [6, 6.07) is 14.0. The SMILES string of the molecule is COc1ccc(CN=C(N)NCc2ccc(C)cc2)cc1OC.I. The van der Waals surface area contributed by atoms with Crippen LogP contribution in [0.25, 0.3) is 0 Å². The van der Waals surface area contributed by atoms with Gasteiger partial charge in [0.25, 0.3) is 0 Å². The van der Waals surface area contributed by atoms with E-state index < -0.39 is 0 Å². The number of hydrogen-bond acceptors (Lipinski definition) is 3. The van der Waals surface area contributed by atoms with Gasteiger partial charge in [0.2, 0.25) is 0 Å². The normalized spacial score (nSPS) is 10.7.